The highest BCUT2D eigenvalue weighted by Crippen LogP contribution is 2.26. The molecule has 0 amide bonds. The molecule has 0 aromatic carbocycles. The minimum absolute atomic E-state index is 0.0470. The maximum Gasteiger partial charge on any atom is 0.330 e. The molecule has 2 atom stereocenters. The second-order valence-electron chi connectivity index (χ2n) is 3.67. The fourth-order valence-corrected chi connectivity index (χ4v) is 1.68. The number of hydrogen-bond donors (Lipinski definition) is 3. The number of aromatic amines is 1. The summed E-state index contributed by atoms with van der Waals surface area (Å²) in [6.45, 7) is 2.87. The van der Waals surface area contributed by atoms with Gasteiger partial charge in [-0.1, -0.05) is 6.58 Å². The zero-order chi connectivity index (χ0) is 13.5. The number of aliphatic hydroxyl groups is 2. The van der Waals surface area contributed by atoms with Crippen LogP contribution in [0.3, 0.4) is 0 Å². The molecule has 100 valence electrons. The molecule has 0 saturated carbocycles. The van der Waals surface area contributed by atoms with E-state index in [4.69, 9.17) is 14.9 Å². The van der Waals surface area contributed by atoms with Crippen LogP contribution < -0.4 is 11.2 Å². The second kappa shape index (κ2) is 6.77. The van der Waals surface area contributed by atoms with Crippen LogP contribution in [-0.2, 0) is 4.74 Å². The Balaban J connectivity index is 0.000000492. The van der Waals surface area contributed by atoms with E-state index in [1.807, 2.05) is 0 Å². The first kappa shape index (κ1) is 14.2. The molecule has 7 heteroatoms. The Bertz CT molecular complexity index is 493. The first-order valence-electron chi connectivity index (χ1n) is 5.45. The third-order valence-corrected chi connectivity index (χ3v) is 2.45. The van der Waals surface area contributed by atoms with Crippen molar-refractivity contribution in [1.29, 1.82) is 0 Å². The van der Waals surface area contributed by atoms with Gasteiger partial charge in [-0.25, -0.2) is 4.79 Å². The number of H-pyrrole nitrogens is 1. The van der Waals surface area contributed by atoms with Crippen molar-refractivity contribution in [3.63, 3.8) is 0 Å². The predicted octanol–water partition coefficient (Wildman–Crippen LogP) is -0.106. The summed E-state index contributed by atoms with van der Waals surface area (Å²) in [5, 5.41) is 16.2. The zero-order valence-corrected chi connectivity index (χ0v) is 9.78. The first-order chi connectivity index (χ1) is 8.62. The molecule has 1 fully saturated rings. The Morgan fingerprint density at radius 2 is 2.22 bits per heavy atom. The third kappa shape index (κ3) is 3.57. The molecule has 1 aromatic rings. The molecule has 0 aliphatic carbocycles. The van der Waals surface area contributed by atoms with Crippen LogP contribution in [0, 0.1) is 0 Å². The van der Waals surface area contributed by atoms with Crippen LogP contribution in [0.1, 0.15) is 19.1 Å². The van der Waals surface area contributed by atoms with Gasteiger partial charge in [0.1, 0.15) is 6.23 Å². The Hall–Kier alpha value is -1.86. The van der Waals surface area contributed by atoms with Gasteiger partial charge in [0.05, 0.1) is 19.0 Å². The standard InChI is InChI=1S/C9H12N2O4.C2H4O/c12-5-6-1-2-8(15-6)11-4-3-7(13)10-9(11)14;1-2-3/h3-4,6,8,12H,1-2,5H2,(H,10,13,14);2-3H,1H2. The first-order valence-corrected chi connectivity index (χ1v) is 5.45. The van der Waals surface area contributed by atoms with Crippen molar-refractivity contribution < 1.29 is 14.9 Å². The van der Waals surface area contributed by atoms with Gasteiger partial charge in [-0.2, -0.15) is 0 Å². The van der Waals surface area contributed by atoms with E-state index < -0.39 is 11.2 Å². The van der Waals surface area contributed by atoms with Crippen molar-refractivity contribution in [2.45, 2.75) is 25.2 Å². The molecule has 2 rings (SSSR count). The number of nitrogens with one attached hydrogen (secondary N) is 1. The highest BCUT2D eigenvalue weighted by molar-refractivity contribution is 4.85. The summed E-state index contributed by atoms with van der Waals surface area (Å²) >= 11 is 0. The van der Waals surface area contributed by atoms with E-state index in [0.29, 0.717) is 12.8 Å². The Morgan fingerprint density at radius 3 is 2.72 bits per heavy atom. The number of ether oxygens (including phenoxy) is 1. The molecule has 0 bridgehead atoms. The van der Waals surface area contributed by atoms with E-state index in [1.165, 1.54) is 16.8 Å². The van der Waals surface area contributed by atoms with Gasteiger partial charge < -0.3 is 14.9 Å². The maximum absolute atomic E-state index is 11.4. The van der Waals surface area contributed by atoms with Gasteiger partial charge in [-0.15, -0.1) is 0 Å². The minimum Gasteiger partial charge on any atom is -0.516 e. The van der Waals surface area contributed by atoms with E-state index in [2.05, 4.69) is 11.6 Å². The van der Waals surface area contributed by atoms with Crippen molar-refractivity contribution in [3.8, 4) is 0 Å². The highest BCUT2D eigenvalue weighted by atomic mass is 16.5. The van der Waals surface area contributed by atoms with Crippen molar-refractivity contribution >= 4 is 0 Å². The maximum atomic E-state index is 11.4. The molecule has 2 unspecified atom stereocenters. The number of rotatable bonds is 2. The van der Waals surface area contributed by atoms with E-state index in [1.54, 1.807) is 0 Å². The average molecular weight is 256 g/mol. The lowest BCUT2D eigenvalue weighted by Crippen LogP contribution is -2.31. The Morgan fingerprint density at radius 1 is 1.56 bits per heavy atom. The molecule has 1 saturated heterocycles. The van der Waals surface area contributed by atoms with Gasteiger partial charge in [0.25, 0.3) is 5.56 Å². The molecular formula is C11H16N2O5. The van der Waals surface area contributed by atoms with Crippen molar-refractivity contribution in [2.24, 2.45) is 0 Å². The SMILES string of the molecule is C=CO.O=c1ccn(C2CCC(CO)O2)c(=O)[nH]1. The van der Waals surface area contributed by atoms with Crippen LogP contribution in [0.2, 0.25) is 0 Å². The zero-order valence-electron chi connectivity index (χ0n) is 9.78. The van der Waals surface area contributed by atoms with Crippen LogP contribution in [0.15, 0.2) is 34.7 Å². The van der Waals surface area contributed by atoms with Crippen LogP contribution in [-0.4, -0.2) is 32.5 Å². The van der Waals surface area contributed by atoms with E-state index in [0.717, 1.165) is 6.26 Å². The number of hydrogen-bond acceptors (Lipinski definition) is 5. The van der Waals surface area contributed by atoms with Gasteiger partial charge in [0.15, 0.2) is 0 Å². The van der Waals surface area contributed by atoms with Gasteiger partial charge in [0, 0.05) is 12.3 Å². The third-order valence-electron chi connectivity index (χ3n) is 2.45. The molecule has 0 radical (unpaired) electrons. The van der Waals surface area contributed by atoms with Gasteiger partial charge >= 0.3 is 5.69 Å². The largest absolute Gasteiger partial charge is 0.516 e. The molecule has 1 aliphatic rings. The van der Waals surface area contributed by atoms with E-state index >= 15 is 0 Å². The fraction of sp³-hybridized carbons (Fsp3) is 0.455. The summed E-state index contributed by atoms with van der Waals surface area (Å²) < 4.78 is 6.74. The van der Waals surface area contributed by atoms with Crippen LogP contribution in [0.25, 0.3) is 0 Å². The Labute approximate surface area is 103 Å². The average Bonchev–Trinajstić information content (AvgIpc) is 2.78. The summed E-state index contributed by atoms with van der Waals surface area (Å²) in [4.78, 5) is 24.4. The van der Waals surface area contributed by atoms with Crippen LogP contribution >= 0.6 is 0 Å². The molecule has 1 aliphatic heterocycles. The van der Waals surface area contributed by atoms with E-state index in [-0.39, 0.29) is 18.9 Å². The number of nitrogens with zero attached hydrogens (tertiary/aromatic N) is 1. The lowest BCUT2D eigenvalue weighted by atomic mass is 10.2. The smallest absolute Gasteiger partial charge is 0.330 e. The number of aliphatic hydroxyl groups excluding tert-OH is 2. The molecule has 2 heterocycles. The lowest BCUT2D eigenvalue weighted by Gasteiger charge is -2.13. The topological polar surface area (TPSA) is 105 Å². The quantitative estimate of drug-likeness (QED) is 0.641. The normalized spacial score (nSPS) is 22.1. The van der Waals surface area contributed by atoms with Crippen molar-refractivity contribution in [3.05, 3.63) is 45.9 Å². The summed E-state index contributed by atoms with van der Waals surface area (Å²) in [7, 11) is 0. The van der Waals surface area contributed by atoms with Crippen LogP contribution in [0.5, 0.6) is 0 Å². The lowest BCUT2D eigenvalue weighted by molar-refractivity contribution is -0.0246. The van der Waals surface area contributed by atoms with Gasteiger partial charge in [-0.05, 0) is 12.8 Å². The van der Waals surface area contributed by atoms with Crippen molar-refractivity contribution in [2.75, 3.05) is 6.61 Å². The molecule has 1 aromatic heterocycles. The van der Waals surface area contributed by atoms with Crippen molar-refractivity contribution in [1.82, 2.24) is 9.55 Å². The Kier molecular flexibility index (Phi) is 5.34. The summed E-state index contributed by atoms with van der Waals surface area (Å²) in [6, 6.07) is 1.27. The summed E-state index contributed by atoms with van der Waals surface area (Å²) in [5.41, 5.74) is -0.904. The molecule has 3 N–H and O–H groups in total. The van der Waals surface area contributed by atoms with Gasteiger partial charge in [0.2, 0.25) is 0 Å². The van der Waals surface area contributed by atoms with E-state index in [9.17, 15) is 9.59 Å². The highest BCUT2D eigenvalue weighted by Gasteiger charge is 2.26. The molecular weight excluding hydrogens is 240 g/mol. The molecule has 18 heavy (non-hydrogen) atoms. The molecule has 7 nitrogen and oxygen atoms in total. The molecule has 0 spiro atoms. The number of aromatic nitrogens is 2. The van der Waals surface area contributed by atoms with Crippen LogP contribution in [0.4, 0.5) is 0 Å². The monoisotopic (exact) mass is 256 g/mol. The summed E-state index contributed by atoms with van der Waals surface area (Å²) in [6.07, 6.45) is 2.94. The minimum atomic E-state index is -0.480. The predicted molar refractivity (Wildman–Crippen MR) is 64.4 cm³/mol. The second-order valence-corrected chi connectivity index (χ2v) is 3.67. The summed E-state index contributed by atoms with van der Waals surface area (Å²) in [5.74, 6) is 0. The fourth-order valence-electron chi connectivity index (χ4n) is 1.68. The van der Waals surface area contributed by atoms with Gasteiger partial charge in [-0.3, -0.25) is 14.3 Å².